The zero-order valence-electron chi connectivity index (χ0n) is 8.44. The van der Waals surface area contributed by atoms with E-state index in [-0.39, 0.29) is 0 Å². The van der Waals surface area contributed by atoms with Crippen LogP contribution < -0.4 is 5.73 Å². The predicted molar refractivity (Wildman–Crippen MR) is 58.0 cm³/mol. The van der Waals surface area contributed by atoms with Crippen LogP contribution in [0.2, 0.25) is 0 Å². The van der Waals surface area contributed by atoms with Crippen molar-refractivity contribution >= 4 is 16.5 Å². The van der Waals surface area contributed by atoms with Gasteiger partial charge in [0.25, 0.3) is 0 Å². The molecule has 1 aromatic heterocycles. The van der Waals surface area contributed by atoms with Gasteiger partial charge in [-0.3, -0.25) is 4.90 Å². The minimum atomic E-state index is 0.767. The lowest BCUT2D eigenvalue weighted by Crippen LogP contribution is -2.34. The smallest absolute Gasteiger partial charge is 0.132 e. The van der Waals surface area contributed by atoms with Crippen molar-refractivity contribution in [2.24, 2.45) is 5.92 Å². The molecule has 5 heteroatoms. The van der Waals surface area contributed by atoms with Crippen LogP contribution in [0.1, 0.15) is 25.5 Å². The summed E-state index contributed by atoms with van der Waals surface area (Å²) >= 11 is 1.28. The van der Waals surface area contributed by atoms with Gasteiger partial charge in [-0.25, -0.2) is 0 Å². The summed E-state index contributed by atoms with van der Waals surface area (Å²) in [6, 6.07) is 0. The number of nitrogens with zero attached hydrogens (tertiary/aromatic N) is 3. The largest absolute Gasteiger partial charge is 0.388 e. The molecule has 1 atom stereocenters. The summed E-state index contributed by atoms with van der Waals surface area (Å²) in [5, 5.41) is 4.80. The fourth-order valence-electron chi connectivity index (χ4n) is 1.97. The average Bonchev–Trinajstić information content (AvgIpc) is 2.52. The molecule has 1 aromatic rings. The maximum Gasteiger partial charge on any atom is 0.132 e. The number of hydrogen-bond acceptors (Lipinski definition) is 5. The Morgan fingerprint density at radius 2 is 2.50 bits per heavy atom. The Morgan fingerprint density at radius 3 is 3.14 bits per heavy atom. The highest BCUT2D eigenvalue weighted by Crippen LogP contribution is 2.20. The van der Waals surface area contributed by atoms with E-state index in [1.165, 1.54) is 30.9 Å². The van der Waals surface area contributed by atoms with Crippen molar-refractivity contribution in [3.63, 3.8) is 0 Å². The zero-order chi connectivity index (χ0) is 9.97. The Balaban J connectivity index is 1.94. The van der Waals surface area contributed by atoms with Gasteiger partial charge in [-0.1, -0.05) is 11.4 Å². The molecule has 2 rings (SSSR count). The summed E-state index contributed by atoms with van der Waals surface area (Å²) in [6.45, 7) is 5.50. The minimum Gasteiger partial charge on any atom is -0.388 e. The number of nitrogen functional groups attached to an aromatic ring is 1. The molecule has 1 aliphatic heterocycles. The summed E-state index contributed by atoms with van der Waals surface area (Å²) in [6.07, 6.45) is 2.64. The summed E-state index contributed by atoms with van der Waals surface area (Å²) in [4.78, 5) is 2.42. The van der Waals surface area contributed by atoms with Gasteiger partial charge in [0.2, 0.25) is 0 Å². The van der Waals surface area contributed by atoms with Crippen molar-refractivity contribution in [1.29, 1.82) is 0 Å². The molecule has 1 unspecified atom stereocenters. The van der Waals surface area contributed by atoms with Gasteiger partial charge in [0.15, 0.2) is 0 Å². The molecular formula is C9H16N4S. The van der Waals surface area contributed by atoms with Crippen LogP contribution in [-0.2, 0) is 6.54 Å². The van der Waals surface area contributed by atoms with E-state index in [9.17, 15) is 0 Å². The quantitative estimate of drug-likeness (QED) is 0.804. The Bertz CT molecular complexity index is 299. The third kappa shape index (κ3) is 2.22. The molecule has 0 aliphatic carbocycles. The summed E-state index contributed by atoms with van der Waals surface area (Å²) in [7, 11) is 0. The van der Waals surface area contributed by atoms with Gasteiger partial charge in [0.05, 0.1) is 0 Å². The first-order chi connectivity index (χ1) is 6.75. The van der Waals surface area contributed by atoms with Crippen molar-refractivity contribution in [2.75, 3.05) is 18.8 Å². The summed E-state index contributed by atoms with van der Waals surface area (Å²) in [5.41, 5.74) is 6.71. The molecule has 2 N–H and O–H groups in total. The van der Waals surface area contributed by atoms with Gasteiger partial charge in [0, 0.05) is 24.6 Å². The van der Waals surface area contributed by atoms with Gasteiger partial charge >= 0.3 is 0 Å². The molecule has 1 saturated heterocycles. The third-order valence-electron chi connectivity index (χ3n) is 2.70. The third-order valence-corrected chi connectivity index (χ3v) is 3.30. The topological polar surface area (TPSA) is 55.0 Å². The molecule has 0 radical (unpaired) electrons. The van der Waals surface area contributed by atoms with Gasteiger partial charge in [-0.15, -0.1) is 5.10 Å². The number of rotatable bonds is 2. The standard InChI is InChI=1S/C9H16N4S/c1-7-3-2-4-13(5-7)6-8-9(10)14-12-11-8/h7H,2-6,10H2,1H3. The second-order valence-electron chi connectivity index (χ2n) is 4.07. The summed E-state index contributed by atoms with van der Waals surface area (Å²) < 4.78 is 3.85. The first-order valence-corrected chi connectivity index (χ1v) is 5.82. The van der Waals surface area contributed by atoms with E-state index < -0.39 is 0 Å². The van der Waals surface area contributed by atoms with Crippen molar-refractivity contribution in [1.82, 2.24) is 14.5 Å². The number of piperidine rings is 1. The highest BCUT2D eigenvalue weighted by atomic mass is 32.1. The van der Waals surface area contributed by atoms with E-state index in [1.807, 2.05) is 0 Å². The first-order valence-electron chi connectivity index (χ1n) is 5.05. The number of aromatic nitrogens is 2. The normalized spacial score (nSPS) is 23.9. The highest BCUT2D eigenvalue weighted by Gasteiger charge is 2.18. The lowest BCUT2D eigenvalue weighted by molar-refractivity contribution is 0.175. The van der Waals surface area contributed by atoms with Crippen molar-refractivity contribution in [3.8, 4) is 0 Å². The van der Waals surface area contributed by atoms with Gasteiger partial charge in [0.1, 0.15) is 10.7 Å². The Morgan fingerprint density at radius 1 is 1.64 bits per heavy atom. The van der Waals surface area contributed by atoms with E-state index in [4.69, 9.17) is 5.73 Å². The molecule has 2 heterocycles. The molecule has 0 amide bonds. The zero-order valence-corrected chi connectivity index (χ0v) is 9.26. The van der Waals surface area contributed by atoms with Crippen molar-refractivity contribution < 1.29 is 0 Å². The van der Waals surface area contributed by atoms with E-state index in [0.717, 1.165) is 29.7 Å². The average molecular weight is 212 g/mol. The van der Waals surface area contributed by atoms with Crippen LogP contribution in [0, 0.1) is 5.92 Å². The lowest BCUT2D eigenvalue weighted by atomic mass is 10.0. The van der Waals surface area contributed by atoms with Crippen LogP contribution in [0.5, 0.6) is 0 Å². The molecule has 1 fully saturated rings. The van der Waals surface area contributed by atoms with Crippen LogP contribution in [-0.4, -0.2) is 27.6 Å². The van der Waals surface area contributed by atoms with E-state index >= 15 is 0 Å². The van der Waals surface area contributed by atoms with Gasteiger partial charge < -0.3 is 5.73 Å². The highest BCUT2D eigenvalue weighted by molar-refractivity contribution is 7.09. The van der Waals surface area contributed by atoms with E-state index in [0.29, 0.717) is 0 Å². The second kappa shape index (κ2) is 4.23. The van der Waals surface area contributed by atoms with Crippen molar-refractivity contribution in [3.05, 3.63) is 5.69 Å². The minimum absolute atomic E-state index is 0.767. The number of hydrogen-bond donors (Lipinski definition) is 1. The molecule has 0 spiro atoms. The van der Waals surface area contributed by atoms with Crippen LogP contribution in [0.4, 0.5) is 5.00 Å². The Kier molecular flexibility index (Phi) is 2.98. The van der Waals surface area contributed by atoms with Gasteiger partial charge in [-0.05, 0) is 25.3 Å². The van der Waals surface area contributed by atoms with E-state index in [1.54, 1.807) is 0 Å². The van der Waals surface area contributed by atoms with E-state index in [2.05, 4.69) is 21.4 Å². The SMILES string of the molecule is CC1CCCN(Cc2nnsc2N)C1. The van der Waals surface area contributed by atoms with Crippen LogP contribution in [0.3, 0.4) is 0 Å². The molecule has 4 nitrogen and oxygen atoms in total. The van der Waals surface area contributed by atoms with Crippen molar-refractivity contribution in [2.45, 2.75) is 26.3 Å². The van der Waals surface area contributed by atoms with Crippen LogP contribution in [0.25, 0.3) is 0 Å². The summed E-state index contributed by atoms with van der Waals surface area (Å²) in [5.74, 6) is 0.802. The number of anilines is 1. The fourth-order valence-corrected chi connectivity index (χ4v) is 2.41. The van der Waals surface area contributed by atoms with Gasteiger partial charge in [-0.2, -0.15) is 0 Å². The maximum absolute atomic E-state index is 5.76. The fraction of sp³-hybridized carbons (Fsp3) is 0.778. The first kappa shape index (κ1) is 9.86. The number of nitrogens with two attached hydrogens (primary N) is 1. The molecule has 1 aliphatic rings. The Hall–Kier alpha value is -0.680. The number of likely N-dealkylation sites (tertiary alicyclic amines) is 1. The van der Waals surface area contributed by atoms with Crippen LogP contribution >= 0.6 is 11.5 Å². The predicted octanol–water partition coefficient (Wildman–Crippen LogP) is 1.35. The molecule has 14 heavy (non-hydrogen) atoms. The Labute approximate surface area is 88.3 Å². The second-order valence-corrected chi connectivity index (χ2v) is 4.85. The molecule has 0 bridgehead atoms. The lowest BCUT2D eigenvalue weighted by Gasteiger charge is -2.30. The maximum atomic E-state index is 5.76. The molecular weight excluding hydrogens is 196 g/mol. The monoisotopic (exact) mass is 212 g/mol. The molecule has 78 valence electrons. The van der Waals surface area contributed by atoms with Crippen LogP contribution in [0.15, 0.2) is 0 Å². The molecule has 0 aromatic carbocycles. The molecule has 0 saturated carbocycles.